The van der Waals surface area contributed by atoms with Gasteiger partial charge >= 0.3 is 0 Å². The van der Waals surface area contributed by atoms with Crippen molar-refractivity contribution < 1.29 is 9.67 Å². The second kappa shape index (κ2) is 4.94. The van der Waals surface area contributed by atoms with Gasteiger partial charge in [0, 0.05) is 25.2 Å². The molecule has 1 heterocycles. The Morgan fingerprint density at radius 2 is 1.53 bits per heavy atom. The minimum atomic E-state index is 0.194. The van der Waals surface area contributed by atoms with Crippen LogP contribution in [0.2, 0.25) is 0 Å². The highest BCUT2D eigenvalue weighted by atomic mass is 16.3. The molecule has 0 radical (unpaired) electrons. The van der Waals surface area contributed by atoms with E-state index in [1.807, 2.05) is 36.4 Å². The van der Waals surface area contributed by atoms with Crippen molar-refractivity contribution in [2.45, 2.75) is 19.4 Å². The fourth-order valence-electron chi connectivity index (χ4n) is 2.58. The number of rotatable bonds is 3. The first-order chi connectivity index (χ1) is 9.31. The summed E-state index contributed by atoms with van der Waals surface area (Å²) in [5, 5.41) is 9.21. The van der Waals surface area contributed by atoms with E-state index in [9.17, 15) is 5.11 Å². The third-order valence-electron chi connectivity index (χ3n) is 3.51. The molecule has 3 rings (SSSR count). The number of para-hydroxylation sites is 4. The number of fused-ring (bicyclic) bond motifs is 2. The molecule has 1 N–H and O–H groups in total. The number of aliphatic hydroxyl groups is 1. The molecule has 0 fully saturated rings. The van der Waals surface area contributed by atoms with Crippen molar-refractivity contribution in [1.82, 2.24) is 4.98 Å². The van der Waals surface area contributed by atoms with Gasteiger partial charge in [0.25, 0.3) is 0 Å². The van der Waals surface area contributed by atoms with Crippen LogP contribution in [-0.4, -0.2) is 16.7 Å². The summed E-state index contributed by atoms with van der Waals surface area (Å²) in [6.45, 7) is 2.33. The molecule has 1 unspecified atom stereocenters. The maximum Gasteiger partial charge on any atom is 0.231 e. The molecule has 19 heavy (non-hydrogen) atoms. The Kier molecular flexibility index (Phi) is 3.13. The van der Waals surface area contributed by atoms with Crippen LogP contribution in [0.1, 0.15) is 19.4 Å². The zero-order valence-electron chi connectivity index (χ0n) is 11.0. The van der Waals surface area contributed by atoms with E-state index in [1.165, 1.54) is 0 Å². The summed E-state index contributed by atoms with van der Waals surface area (Å²) in [5.74, 6) is 0. The van der Waals surface area contributed by atoms with Gasteiger partial charge in [-0.25, -0.2) is 4.98 Å². The number of benzene rings is 2. The third kappa shape index (κ3) is 2.06. The summed E-state index contributed by atoms with van der Waals surface area (Å²) in [5.41, 5.74) is 4.21. The van der Waals surface area contributed by atoms with Crippen molar-refractivity contribution in [3.05, 3.63) is 48.5 Å². The van der Waals surface area contributed by atoms with Crippen molar-refractivity contribution in [3.63, 3.8) is 0 Å². The van der Waals surface area contributed by atoms with Gasteiger partial charge in [-0.15, -0.1) is 0 Å². The number of aliphatic hydroxyl groups excluding tert-OH is 1. The molecule has 0 spiro atoms. The van der Waals surface area contributed by atoms with Crippen molar-refractivity contribution in [2.24, 2.45) is 0 Å². The maximum absolute atomic E-state index is 9.21. The standard InChI is InChI=1S/C16H17N2O/c1-12(10-11-19)18-15-8-4-2-6-13(15)17-14-7-3-5-9-16(14)18/h2-9,12,19H,10-11H2,1H3/q+1. The third-order valence-corrected chi connectivity index (χ3v) is 3.51. The minimum Gasteiger partial charge on any atom is -0.396 e. The van der Waals surface area contributed by atoms with Crippen molar-refractivity contribution in [1.29, 1.82) is 0 Å². The van der Waals surface area contributed by atoms with Crippen LogP contribution in [0.5, 0.6) is 0 Å². The molecule has 3 heteroatoms. The lowest BCUT2D eigenvalue weighted by atomic mass is 10.1. The Hall–Kier alpha value is -2.00. The zero-order valence-corrected chi connectivity index (χ0v) is 11.0. The highest BCUT2D eigenvalue weighted by Gasteiger charge is 2.21. The minimum absolute atomic E-state index is 0.194. The molecule has 0 saturated carbocycles. The Morgan fingerprint density at radius 1 is 1.00 bits per heavy atom. The van der Waals surface area contributed by atoms with E-state index in [-0.39, 0.29) is 12.6 Å². The SMILES string of the molecule is CC(CCO)[n+]1c2ccccc2nc2ccccc21. The number of nitrogens with zero attached hydrogens (tertiary/aromatic N) is 2. The van der Waals surface area contributed by atoms with Crippen molar-refractivity contribution in [2.75, 3.05) is 6.61 Å². The molecular weight excluding hydrogens is 236 g/mol. The van der Waals surface area contributed by atoms with Gasteiger partial charge in [0.05, 0.1) is 0 Å². The maximum atomic E-state index is 9.21. The van der Waals surface area contributed by atoms with Crippen LogP contribution in [0, 0.1) is 0 Å². The van der Waals surface area contributed by atoms with Crippen LogP contribution in [0.3, 0.4) is 0 Å². The lowest BCUT2D eigenvalue weighted by Crippen LogP contribution is -2.40. The molecule has 3 nitrogen and oxygen atoms in total. The van der Waals surface area contributed by atoms with Gasteiger partial charge in [-0.05, 0) is 19.1 Å². The summed E-state index contributed by atoms with van der Waals surface area (Å²) >= 11 is 0. The smallest absolute Gasteiger partial charge is 0.231 e. The van der Waals surface area contributed by atoms with Gasteiger partial charge in [0.15, 0.2) is 6.04 Å². The van der Waals surface area contributed by atoms with Gasteiger partial charge in [0.2, 0.25) is 11.0 Å². The van der Waals surface area contributed by atoms with Crippen molar-refractivity contribution >= 4 is 22.1 Å². The predicted molar refractivity (Wildman–Crippen MR) is 75.9 cm³/mol. The Bertz CT molecular complexity index is 670. The monoisotopic (exact) mass is 253 g/mol. The normalized spacial score (nSPS) is 12.9. The van der Waals surface area contributed by atoms with Crippen molar-refractivity contribution in [3.8, 4) is 0 Å². The molecule has 96 valence electrons. The topological polar surface area (TPSA) is 37.0 Å². The molecule has 1 aromatic heterocycles. The van der Waals surface area contributed by atoms with Crippen LogP contribution in [0.15, 0.2) is 48.5 Å². The van der Waals surface area contributed by atoms with E-state index >= 15 is 0 Å². The Labute approximate surface area is 112 Å². The van der Waals surface area contributed by atoms with Crippen LogP contribution in [0.25, 0.3) is 22.1 Å². The summed E-state index contributed by atoms with van der Waals surface area (Å²) in [4.78, 5) is 4.70. The van der Waals surface area contributed by atoms with E-state index in [0.717, 1.165) is 28.5 Å². The molecule has 0 bridgehead atoms. The number of aromatic nitrogens is 2. The quantitative estimate of drug-likeness (QED) is 0.575. The van der Waals surface area contributed by atoms with Gasteiger partial charge < -0.3 is 5.11 Å². The van der Waals surface area contributed by atoms with Crippen LogP contribution < -0.4 is 4.57 Å². The first-order valence-electron chi connectivity index (χ1n) is 6.61. The number of hydrogen-bond acceptors (Lipinski definition) is 2. The fourth-order valence-corrected chi connectivity index (χ4v) is 2.58. The van der Waals surface area contributed by atoms with Crippen LogP contribution >= 0.6 is 0 Å². The lowest BCUT2D eigenvalue weighted by molar-refractivity contribution is -0.671. The predicted octanol–water partition coefficient (Wildman–Crippen LogP) is 2.62. The average Bonchev–Trinajstić information content (AvgIpc) is 2.44. The zero-order chi connectivity index (χ0) is 13.2. The second-order valence-corrected chi connectivity index (χ2v) is 4.82. The molecule has 0 aliphatic heterocycles. The summed E-state index contributed by atoms with van der Waals surface area (Å²) < 4.78 is 2.27. The average molecular weight is 253 g/mol. The number of hydrogen-bond donors (Lipinski definition) is 1. The summed E-state index contributed by atoms with van der Waals surface area (Å²) in [6, 6.07) is 16.5. The Balaban J connectivity index is 2.39. The van der Waals surface area contributed by atoms with Gasteiger partial charge in [-0.3, -0.25) is 0 Å². The first kappa shape index (κ1) is 12.1. The highest BCUT2D eigenvalue weighted by Crippen LogP contribution is 2.17. The molecule has 3 aromatic rings. The van der Waals surface area contributed by atoms with Gasteiger partial charge in [0.1, 0.15) is 11.0 Å². The molecule has 0 amide bonds. The second-order valence-electron chi connectivity index (χ2n) is 4.82. The molecule has 1 atom stereocenters. The van der Waals surface area contributed by atoms with E-state index in [0.29, 0.717) is 0 Å². The largest absolute Gasteiger partial charge is 0.396 e. The molecule has 0 saturated heterocycles. The molecule has 0 aliphatic rings. The summed E-state index contributed by atoms with van der Waals surface area (Å²) in [6.07, 6.45) is 0.739. The first-order valence-corrected chi connectivity index (χ1v) is 6.61. The highest BCUT2D eigenvalue weighted by molar-refractivity contribution is 5.81. The van der Waals surface area contributed by atoms with Gasteiger partial charge in [-0.2, -0.15) is 4.57 Å². The van der Waals surface area contributed by atoms with Crippen LogP contribution in [-0.2, 0) is 0 Å². The molecule has 2 aromatic carbocycles. The van der Waals surface area contributed by atoms with Gasteiger partial charge in [-0.1, -0.05) is 24.3 Å². The summed E-state index contributed by atoms with van der Waals surface area (Å²) in [7, 11) is 0. The molecular formula is C16H17N2O+. The van der Waals surface area contributed by atoms with E-state index in [2.05, 4.69) is 23.6 Å². The van der Waals surface area contributed by atoms with Crippen LogP contribution in [0.4, 0.5) is 0 Å². The van der Waals surface area contributed by atoms with E-state index in [1.54, 1.807) is 0 Å². The Morgan fingerprint density at radius 3 is 2.05 bits per heavy atom. The molecule has 0 aliphatic carbocycles. The van der Waals surface area contributed by atoms with E-state index in [4.69, 9.17) is 4.98 Å². The lowest BCUT2D eigenvalue weighted by Gasteiger charge is -2.10. The van der Waals surface area contributed by atoms with E-state index < -0.39 is 0 Å². The fraction of sp³-hybridized carbons (Fsp3) is 0.250.